The average molecular weight is 396 g/mol. The van der Waals surface area contributed by atoms with Gasteiger partial charge < -0.3 is 4.74 Å². The van der Waals surface area contributed by atoms with Crippen LogP contribution in [-0.4, -0.2) is 31.7 Å². The Morgan fingerprint density at radius 2 is 1.88 bits per heavy atom. The molecule has 2 heterocycles. The van der Waals surface area contributed by atoms with Crippen molar-refractivity contribution in [3.8, 4) is 11.5 Å². The fourth-order valence-electron chi connectivity index (χ4n) is 3.25. The Kier molecular flexibility index (Phi) is 5.11. The van der Waals surface area contributed by atoms with Crippen LogP contribution in [0.15, 0.2) is 4.47 Å². The second-order valence-electron chi connectivity index (χ2n) is 6.90. The standard InChI is InChI=1S/C17H26BrN5O/c1-10-6-8-13(9-7-10)23-17(19-16(21-23)12(3)24-5)15-14(18)11(2)22(4)20-15/h10,12-13H,6-9H2,1-5H3. The summed E-state index contributed by atoms with van der Waals surface area (Å²) in [5.41, 5.74) is 1.94. The third-order valence-electron chi connectivity index (χ3n) is 5.17. The van der Waals surface area contributed by atoms with Gasteiger partial charge in [0.1, 0.15) is 11.8 Å². The molecule has 2 aromatic heterocycles. The van der Waals surface area contributed by atoms with E-state index in [1.165, 1.54) is 12.8 Å². The van der Waals surface area contributed by atoms with Crippen LogP contribution >= 0.6 is 15.9 Å². The highest BCUT2D eigenvalue weighted by molar-refractivity contribution is 9.10. The molecule has 24 heavy (non-hydrogen) atoms. The van der Waals surface area contributed by atoms with E-state index in [9.17, 15) is 0 Å². The smallest absolute Gasteiger partial charge is 0.180 e. The van der Waals surface area contributed by atoms with E-state index in [2.05, 4.69) is 32.6 Å². The topological polar surface area (TPSA) is 57.8 Å². The minimum atomic E-state index is -0.129. The SMILES string of the molecule is COC(C)c1nc(-c2nn(C)c(C)c2Br)n(C2CCC(C)CC2)n1. The number of rotatable bonds is 4. The van der Waals surface area contributed by atoms with Crippen molar-refractivity contribution in [1.82, 2.24) is 24.5 Å². The summed E-state index contributed by atoms with van der Waals surface area (Å²) in [6.45, 7) is 6.35. The highest BCUT2D eigenvalue weighted by Gasteiger charge is 2.28. The first-order valence-electron chi connectivity index (χ1n) is 8.61. The molecule has 1 aliphatic carbocycles. The van der Waals surface area contributed by atoms with Gasteiger partial charge in [0.15, 0.2) is 11.6 Å². The lowest BCUT2D eigenvalue weighted by atomic mass is 9.87. The number of ether oxygens (including phenoxy) is 1. The van der Waals surface area contributed by atoms with Crippen LogP contribution in [0.3, 0.4) is 0 Å². The van der Waals surface area contributed by atoms with E-state index in [4.69, 9.17) is 14.8 Å². The molecular formula is C17H26BrN5O. The van der Waals surface area contributed by atoms with Gasteiger partial charge in [-0.05, 0) is 61.4 Å². The predicted octanol–water partition coefficient (Wildman–Crippen LogP) is 4.21. The van der Waals surface area contributed by atoms with Crippen molar-refractivity contribution in [3.05, 3.63) is 16.0 Å². The number of methoxy groups -OCH3 is 1. The normalized spacial score (nSPS) is 22.8. The average Bonchev–Trinajstić information content (AvgIpc) is 3.12. The molecule has 7 heteroatoms. The molecule has 0 spiro atoms. The lowest BCUT2D eigenvalue weighted by Crippen LogP contribution is -2.19. The summed E-state index contributed by atoms with van der Waals surface area (Å²) in [5.74, 6) is 2.36. The largest absolute Gasteiger partial charge is 0.374 e. The summed E-state index contributed by atoms with van der Waals surface area (Å²) in [6.07, 6.45) is 4.63. The number of hydrogen-bond acceptors (Lipinski definition) is 4. The maximum Gasteiger partial charge on any atom is 0.180 e. The molecule has 6 nitrogen and oxygen atoms in total. The fourth-order valence-corrected chi connectivity index (χ4v) is 3.76. The maximum absolute atomic E-state index is 5.43. The molecule has 0 saturated heterocycles. The van der Waals surface area contributed by atoms with Gasteiger partial charge in [-0.2, -0.15) is 10.2 Å². The minimum absolute atomic E-state index is 0.129. The lowest BCUT2D eigenvalue weighted by molar-refractivity contribution is 0.111. The molecule has 132 valence electrons. The van der Waals surface area contributed by atoms with E-state index in [1.54, 1.807) is 7.11 Å². The molecule has 3 rings (SSSR count). The van der Waals surface area contributed by atoms with Crippen LogP contribution in [0.2, 0.25) is 0 Å². The van der Waals surface area contributed by atoms with Gasteiger partial charge >= 0.3 is 0 Å². The van der Waals surface area contributed by atoms with Crippen molar-refractivity contribution in [3.63, 3.8) is 0 Å². The molecule has 1 unspecified atom stereocenters. The zero-order valence-electron chi connectivity index (χ0n) is 15.1. The molecule has 0 aromatic carbocycles. The maximum atomic E-state index is 5.43. The Hall–Kier alpha value is -1.21. The van der Waals surface area contributed by atoms with E-state index < -0.39 is 0 Å². The van der Waals surface area contributed by atoms with E-state index in [1.807, 2.05) is 25.6 Å². The summed E-state index contributed by atoms with van der Waals surface area (Å²) >= 11 is 3.67. The summed E-state index contributed by atoms with van der Waals surface area (Å²) < 4.78 is 10.4. The molecule has 0 aliphatic heterocycles. The zero-order valence-corrected chi connectivity index (χ0v) is 16.7. The lowest BCUT2D eigenvalue weighted by Gasteiger charge is -2.27. The van der Waals surface area contributed by atoms with Gasteiger partial charge in [0.25, 0.3) is 0 Å². The summed E-state index contributed by atoms with van der Waals surface area (Å²) in [7, 11) is 3.64. The molecule has 0 N–H and O–H groups in total. The fraction of sp³-hybridized carbons (Fsp3) is 0.706. The third kappa shape index (κ3) is 3.16. The third-order valence-corrected chi connectivity index (χ3v) is 6.12. The second-order valence-corrected chi connectivity index (χ2v) is 7.69. The summed E-state index contributed by atoms with van der Waals surface area (Å²) in [4.78, 5) is 4.78. The highest BCUT2D eigenvalue weighted by Crippen LogP contribution is 2.36. The van der Waals surface area contributed by atoms with Crippen molar-refractivity contribution in [2.75, 3.05) is 7.11 Å². The van der Waals surface area contributed by atoms with E-state index >= 15 is 0 Å². The van der Waals surface area contributed by atoms with Gasteiger partial charge in [-0.15, -0.1) is 0 Å². The van der Waals surface area contributed by atoms with Crippen LogP contribution in [0.5, 0.6) is 0 Å². The molecule has 1 aliphatic rings. The number of halogens is 1. The molecule has 1 atom stereocenters. The first kappa shape index (κ1) is 17.6. The quantitative estimate of drug-likeness (QED) is 0.777. The summed E-state index contributed by atoms with van der Waals surface area (Å²) in [6, 6.07) is 0.385. The van der Waals surface area contributed by atoms with E-state index in [0.29, 0.717) is 6.04 Å². The Bertz CT molecular complexity index is 715. The Morgan fingerprint density at radius 1 is 1.21 bits per heavy atom. The zero-order chi connectivity index (χ0) is 17.4. The number of hydrogen-bond donors (Lipinski definition) is 0. The first-order chi connectivity index (χ1) is 11.4. The van der Waals surface area contributed by atoms with Crippen molar-refractivity contribution < 1.29 is 4.74 Å². The van der Waals surface area contributed by atoms with Crippen LogP contribution in [-0.2, 0) is 11.8 Å². The van der Waals surface area contributed by atoms with Gasteiger partial charge in [0.05, 0.1) is 10.5 Å². The van der Waals surface area contributed by atoms with Crippen molar-refractivity contribution in [1.29, 1.82) is 0 Å². The molecule has 0 amide bonds. The van der Waals surface area contributed by atoms with Crippen molar-refractivity contribution >= 4 is 15.9 Å². The van der Waals surface area contributed by atoms with Gasteiger partial charge in [-0.1, -0.05) is 6.92 Å². The number of aryl methyl sites for hydroxylation is 1. The van der Waals surface area contributed by atoms with Crippen molar-refractivity contribution in [2.24, 2.45) is 13.0 Å². The van der Waals surface area contributed by atoms with Gasteiger partial charge in [-0.25, -0.2) is 9.67 Å². The van der Waals surface area contributed by atoms with Crippen molar-refractivity contribution in [2.45, 2.75) is 58.6 Å². The second kappa shape index (κ2) is 6.96. The predicted molar refractivity (Wildman–Crippen MR) is 96.8 cm³/mol. The Morgan fingerprint density at radius 3 is 2.42 bits per heavy atom. The van der Waals surface area contributed by atoms with Crippen LogP contribution in [0.4, 0.5) is 0 Å². The Labute approximate surface area is 151 Å². The van der Waals surface area contributed by atoms with Gasteiger partial charge in [0.2, 0.25) is 0 Å². The molecule has 0 bridgehead atoms. The minimum Gasteiger partial charge on any atom is -0.374 e. The summed E-state index contributed by atoms with van der Waals surface area (Å²) in [5, 5.41) is 9.45. The molecule has 2 aromatic rings. The highest BCUT2D eigenvalue weighted by atomic mass is 79.9. The number of aromatic nitrogens is 5. The number of nitrogens with zero attached hydrogens (tertiary/aromatic N) is 5. The Balaban J connectivity index is 2.06. The van der Waals surface area contributed by atoms with E-state index in [0.717, 1.165) is 46.3 Å². The monoisotopic (exact) mass is 395 g/mol. The van der Waals surface area contributed by atoms with Crippen LogP contribution < -0.4 is 0 Å². The molecule has 1 fully saturated rings. The van der Waals surface area contributed by atoms with Crippen LogP contribution in [0, 0.1) is 12.8 Å². The van der Waals surface area contributed by atoms with Gasteiger partial charge in [-0.3, -0.25) is 4.68 Å². The first-order valence-corrected chi connectivity index (χ1v) is 9.40. The molecular weight excluding hydrogens is 370 g/mol. The van der Waals surface area contributed by atoms with Gasteiger partial charge in [0, 0.05) is 19.9 Å². The van der Waals surface area contributed by atoms with E-state index in [-0.39, 0.29) is 6.10 Å². The molecule has 1 saturated carbocycles. The molecule has 0 radical (unpaired) electrons. The van der Waals surface area contributed by atoms with Crippen LogP contribution in [0.1, 0.15) is 63.2 Å². The van der Waals surface area contributed by atoms with Crippen LogP contribution in [0.25, 0.3) is 11.5 Å².